The van der Waals surface area contributed by atoms with Crippen molar-refractivity contribution in [2.24, 2.45) is 0 Å². The van der Waals surface area contributed by atoms with Gasteiger partial charge in [0.15, 0.2) is 0 Å². The summed E-state index contributed by atoms with van der Waals surface area (Å²) in [5.41, 5.74) is 0.257. The Morgan fingerprint density at radius 2 is 2.17 bits per heavy atom. The molecule has 1 unspecified atom stereocenters. The van der Waals surface area contributed by atoms with Gasteiger partial charge in [0.25, 0.3) is 0 Å². The van der Waals surface area contributed by atoms with Gasteiger partial charge in [0.05, 0.1) is 0 Å². The predicted octanol–water partition coefficient (Wildman–Crippen LogP) is -0.0438. The number of aliphatic hydroxyl groups is 1. The molecule has 0 bridgehead atoms. The molecule has 0 spiro atoms. The van der Waals surface area contributed by atoms with Gasteiger partial charge in [-0.3, -0.25) is 5.26 Å². The molecule has 0 amide bonds. The van der Waals surface area contributed by atoms with E-state index in [0.29, 0.717) is 0 Å². The van der Waals surface area contributed by atoms with E-state index in [2.05, 4.69) is 16.2 Å². The normalized spacial score (nSPS) is 12.2. The van der Waals surface area contributed by atoms with E-state index in [-0.39, 0.29) is 18.8 Å². The Hall–Kier alpha value is -0.910. The summed E-state index contributed by atoms with van der Waals surface area (Å²) in [4.78, 5) is 14.3. The highest BCUT2D eigenvalue weighted by Gasteiger charge is 2.08. The zero-order chi connectivity index (χ0) is 9.56. The van der Waals surface area contributed by atoms with Crippen molar-refractivity contribution in [1.82, 2.24) is 0 Å². The lowest BCUT2D eigenvalue weighted by atomic mass is 10.3. The van der Waals surface area contributed by atoms with Crippen LogP contribution in [-0.2, 0) is 14.4 Å². The number of rotatable bonds is 5. The van der Waals surface area contributed by atoms with E-state index in [9.17, 15) is 4.79 Å². The number of esters is 1. The molecule has 0 saturated heterocycles. The smallest absolute Gasteiger partial charge is 0.333 e. The standard InChI is InChI=1S/C7H12O5/c1-5(2)7(9)11-3-6(8)4-12-10/h6,8,10H,1,3-4H2,2H3. The fourth-order valence-corrected chi connectivity index (χ4v) is 0.429. The maximum atomic E-state index is 10.7. The van der Waals surface area contributed by atoms with E-state index in [1.165, 1.54) is 6.92 Å². The van der Waals surface area contributed by atoms with Crippen LogP contribution in [0, 0.1) is 0 Å². The zero-order valence-electron chi connectivity index (χ0n) is 6.82. The molecule has 0 rings (SSSR count). The van der Waals surface area contributed by atoms with E-state index in [4.69, 9.17) is 10.4 Å². The third kappa shape index (κ3) is 4.84. The summed E-state index contributed by atoms with van der Waals surface area (Å²) in [6.45, 7) is 4.34. The third-order valence-electron chi connectivity index (χ3n) is 1.02. The van der Waals surface area contributed by atoms with Gasteiger partial charge in [-0.1, -0.05) is 6.58 Å². The van der Waals surface area contributed by atoms with Gasteiger partial charge in [0.2, 0.25) is 0 Å². The van der Waals surface area contributed by atoms with Crippen LogP contribution in [0.5, 0.6) is 0 Å². The van der Waals surface area contributed by atoms with Crippen molar-refractivity contribution in [2.75, 3.05) is 13.2 Å². The van der Waals surface area contributed by atoms with Crippen molar-refractivity contribution >= 4 is 5.97 Å². The average Bonchev–Trinajstić information content (AvgIpc) is 2.00. The molecule has 0 heterocycles. The minimum Gasteiger partial charge on any atom is -0.460 e. The molecule has 2 N–H and O–H groups in total. The number of carbonyl (C=O) groups excluding carboxylic acids is 1. The van der Waals surface area contributed by atoms with Gasteiger partial charge in [0.1, 0.15) is 19.3 Å². The lowest BCUT2D eigenvalue weighted by Crippen LogP contribution is -2.23. The summed E-state index contributed by atoms with van der Waals surface area (Å²) in [6, 6.07) is 0. The second-order valence-electron chi connectivity index (χ2n) is 2.33. The molecule has 1 atom stereocenters. The fraction of sp³-hybridized carbons (Fsp3) is 0.571. The van der Waals surface area contributed by atoms with Gasteiger partial charge in [-0.25, -0.2) is 9.68 Å². The van der Waals surface area contributed by atoms with Crippen LogP contribution in [0.1, 0.15) is 6.92 Å². The van der Waals surface area contributed by atoms with Crippen LogP contribution < -0.4 is 0 Å². The third-order valence-corrected chi connectivity index (χ3v) is 1.02. The highest BCUT2D eigenvalue weighted by Crippen LogP contribution is 1.94. The molecule has 0 aromatic rings. The van der Waals surface area contributed by atoms with Crippen molar-refractivity contribution in [3.05, 3.63) is 12.2 Å². The first-order valence-electron chi connectivity index (χ1n) is 3.35. The quantitative estimate of drug-likeness (QED) is 0.266. The van der Waals surface area contributed by atoms with Crippen LogP contribution >= 0.6 is 0 Å². The van der Waals surface area contributed by atoms with Crippen molar-refractivity contribution in [3.63, 3.8) is 0 Å². The molecule has 0 fully saturated rings. The highest BCUT2D eigenvalue weighted by atomic mass is 17.1. The Labute approximate surface area is 70.1 Å². The molecule has 0 aliphatic heterocycles. The summed E-state index contributed by atoms with van der Waals surface area (Å²) in [5.74, 6) is -0.577. The van der Waals surface area contributed by atoms with Crippen LogP contribution in [-0.4, -0.2) is 35.7 Å². The van der Waals surface area contributed by atoms with Crippen molar-refractivity contribution in [2.45, 2.75) is 13.0 Å². The topological polar surface area (TPSA) is 76.0 Å². The molecule has 0 aliphatic carbocycles. The zero-order valence-corrected chi connectivity index (χ0v) is 6.82. The molecule has 0 aromatic carbocycles. The fourth-order valence-electron chi connectivity index (χ4n) is 0.429. The van der Waals surface area contributed by atoms with Crippen LogP contribution in [0.25, 0.3) is 0 Å². The first kappa shape index (κ1) is 11.1. The van der Waals surface area contributed by atoms with E-state index in [1.807, 2.05) is 0 Å². The Balaban J connectivity index is 3.54. The van der Waals surface area contributed by atoms with Gasteiger partial charge in [-0.2, -0.15) is 0 Å². The highest BCUT2D eigenvalue weighted by molar-refractivity contribution is 5.86. The van der Waals surface area contributed by atoms with Crippen LogP contribution in [0.2, 0.25) is 0 Å². The second kappa shape index (κ2) is 5.70. The van der Waals surface area contributed by atoms with Gasteiger partial charge in [-0.05, 0) is 6.92 Å². The van der Waals surface area contributed by atoms with Gasteiger partial charge >= 0.3 is 5.97 Å². The molecular formula is C7H12O5. The molecule has 70 valence electrons. The minimum atomic E-state index is -1.02. The summed E-state index contributed by atoms with van der Waals surface area (Å²) < 4.78 is 4.54. The molecule has 12 heavy (non-hydrogen) atoms. The maximum Gasteiger partial charge on any atom is 0.333 e. The van der Waals surface area contributed by atoms with Crippen LogP contribution in [0.15, 0.2) is 12.2 Å². The monoisotopic (exact) mass is 176 g/mol. The van der Waals surface area contributed by atoms with Gasteiger partial charge < -0.3 is 9.84 Å². The van der Waals surface area contributed by atoms with E-state index < -0.39 is 12.1 Å². The van der Waals surface area contributed by atoms with E-state index in [0.717, 1.165) is 0 Å². The Morgan fingerprint density at radius 3 is 2.58 bits per heavy atom. The molecular weight excluding hydrogens is 164 g/mol. The van der Waals surface area contributed by atoms with E-state index >= 15 is 0 Å². The number of hydrogen-bond acceptors (Lipinski definition) is 5. The Kier molecular flexibility index (Phi) is 5.27. The molecule has 0 aliphatic rings. The van der Waals surface area contributed by atoms with E-state index in [1.54, 1.807) is 0 Å². The molecule has 5 nitrogen and oxygen atoms in total. The average molecular weight is 176 g/mol. The van der Waals surface area contributed by atoms with Crippen molar-refractivity contribution < 1.29 is 24.8 Å². The summed E-state index contributed by atoms with van der Waals surface area (Å²) in [7, 11) is 0. The number of carbonyl (C=O) groups is 1. The van der Waals surface area contributed by atoms with Gasteiger partial charge in [-0.15, -0.1) is 0 Å². The Morgan fingerprint density at radius 1 is 1.58 bits per heavy atom. The van der Waals surface area contributed by atoms with Crippen molar-refractivity contribution in [1.29, 1.82) is 0 Å². The summed E-state index contributed by atoms with van der Waals surface area (Å²) >= 11 is 0. The first-order chi connectivity index (χ1) is 5.57. The predicted molar refractivity (Wildman–Crippen MR) is 40.4 cm³/mol. The summed E-state index contributed by atoms with van der Waals surface area (Å²) in [6.07, 6.45) is -1.02. The largest absolute Gasteiger partial charge is 0.460 e. The van der Waals surface area contributed by atoms with Crippen molar-refractivity contribution in [3.8, 4) is 0 Å². The van der Waals surface area contributed by atoms with Crippen LogP contribution in [0.4, 0.5) is 0 Å². The number of aliphatic hydroxyl groups excluding tert-OH is 1. The first-order valence-corrected chi connectivity index (χ1v) is 3.35. The molecule has 0 radical (unpaired) electrons. The SMILES string of the molecule is C=C(C)C(=O)OCC(O)COO. The summed E-state index contributed by atoms with van der Waals surface area (Å²) in [5, 5.41) is 16.8. The maximum absolute atomic E-state index is 10.7. The molecule has 0 aromatic heterocycles. The minimum absolute atomic E-state index is 0.216. The Bertz CT molecular complexity index is 165. The second-order valence-corrected chi connectivity index (χ2v) is 2.33. The number of hydrogen-bond donors (Lipinski definition) is 2. The lowest BCUT2D eigenvalue weighted by molar-refractivity contribution is -0.259. The molecule has 0 saturated carbocycles. The molecule has 5 heteroatoms. The van der Waals surface area contributed by atoms with Crippen LogP contribution in [0.3, 0.4) is 0 Å². The number of ether oxygens (including phenoxy) is 1. The lowest BCUT2D eigenvalue weighted by Gasteiger charge is -2.08. The van der Waals surface area contributed by atoms with Gasteiger partial charge in [0, 0.05) is 5.57 Å².